The van der Waals surface area contributed by atoms with Gasteiger partial charge in [-0.25, -0.2) is 4.98 Å². The first-order chi connectivity index (χ1) is 11.7. The van der Waals surface area contributed by atoms with Crippen molar-refractivity contribution in [3.63, 3.8) is 0 Å². The zero-order chi connectivity index (χ0) is 16.5. The zero-order valence-electron chi connectivity index (χ0n) is 14.4. The minimum atomic E-state index is 0.510. The molecule has 4 rings (SSSR count). The lowest BCUT2D eigenvalue weighted by atomic mass is 10.0. The summed E-state index contributed by atoms with van der Waals surface area (Å²) >= 11 is 0. The quantitative estimate of drug-likeness (QED) is 0.805. The molecule has 1 aliphatic rings. The zero-order valence-corrected chi connectivity index (χ0v) is 14.4. The molecule has 1 atom stereocenters. The van der Waals surface area contributed by atoms with Gasteiger partial charge in [-0.1, -0.05) is 36.4 Å². The molecule has 1 fully saturated rings. The summed E-state index contributed by atoms with van der Waals surface area (Å²) in [4.78, 5) is 13.2. The van der Waals surface area contributed by atoms with E-state index in [-0.39, 0.29) is 0 Å². The van der Waals surface area contributed by atoms with Crippen molar-refractivity contribution in [2.75, 3.05) is 31.6 Å². The van der Waals surface area contributed by atoms with Crippen LogP contribution in [0.5, 0.6) is 0 Å². The van der Waals surface area contributed by atoms with Crippen LogP contribution < -0.4 is 4.90 Å². The van der Waals surface area contributed by atoms with Crippen LogP contribution in [0.15, 0.2) is 48.5 Å². The van der Waals surface area contributed by atoms with Crippen molar-refractivity contribution in [2.45, 2.75) is 19.4 Å². The van der Waals surface area contributed by atoms with E-state index in [9.17, 15) is 0 Å². The second-order valence-electron chi connectivity index (χ2n) is 6.85. The van der Waals surface area contributed by atoms with Gasteiger partial charge in [0.05, 0.1) is 11.0 Å². The van der Waals surface area contributed by atoms with E-state index in [0.717, 1.165) is 43.0 Å². The normalized spacial score (nSPS) is 19.1. The molecule has 2 aromatic carbocycles. The summed E-state index contributed by atoms with van der Waals surface area (Å²) in [6.45, 7) is 5.20. The van der Waals surface area contributed by atoms with E-state index in [0.29, 0.717) is 6.04 Å². The predicted octanol–water partition coefficient (Wildman–Crippen LogP) is 3.23. The molecule has 1 unspecified atom stereocenters. The molecule has 0 radical (unpaired) electrons. The maximum absolute atomic E-state index is 4.80. The first kappa shape index (κ1) is 15.2. The van der Waals surface area contributed by atoms with Crippen molar-refractivity contribution in [1.82, 2.24) is 14.9 Å². The van der Waals surface area contributed by atoms with Crippen LogP contribution in [0.2, 0.25) is 0 Å². The van der Waals surface area contributed by atoms with Gasteiger partial charge in [-0.3, -0.25) is 4.90 Å². The summed E-state index contributed by atoms with van der Waals surface area (Å²) in [6, 6.07) is 17.7. The molecule has 3 aromatic rings. The van der Waals surface area contributed by atoms with Crippen LogP contribution in [0.3, 0.4) is 0 Å². The summed E-state index contributed by atoms with van der Waals surface area (Å²) in [5.74, 6) is 1.00. The van der Waals surface area contributed by atoms with Gasteiger partial charge in [-0.15, -0.1) is 0 Å². The third-order valence-electron chi connectivity index (χ3n) is 5.02. The number of fused-ring (bicyclic) bond motifs is 1. The Kier molecular flexibility index (Phi) is 3.98. The molecular weight excluding hydrogens is 296 g/mol. The van der Waals surface area contributed by atoms with E-state index in [1.54, 1.807) is 0 Å². The number of H-pyrrole nitrogens is 1. The highest BCUT2D eigenvalue weighted by Gasteiger charge is 2.26. The standard InChI is InChI=1S/C20H24N4/c1-15-8-9-18-19(12-15)22-20(21-18)24-11-10-23(2)17(14-24)13-16-6-4-3-5-7-16/h3-9,12,17H,10-11,13-14H2,1-2H3,(H,21,22). The number of hydrogen-bond donors (Lipinski definition) is 1. The Labute approximate surface area is 143 Å². The number of nitrogens with zero attached hydrogens (tertiary/aromatic N) is 3. The van der Waals surface area contributed by atoms with Crippen LogP contribution in [0.1, 0.15) is 11.1 Å². The molecule has 1 N–H and O–H groups in total. The summed E-state index contributed by atoms with van der Waals surface area (Å²) in [5.41, 5.74) is 4.84. The lowest BCUT2D eigenvalue weighted by Crippen LogP contribution is -2.52. The second kappa shape index (κ2) is 6.29. The van der Waals surface area contributed by atoms with E-state index in [1.165, 1.54) is 11.1 Å². The molecule has 4 nitrogen and oxygen atoms in total. The molecular formula is C20H24N4. The SMILES string of the molecule is Cc1ccc2nc(N3CCN(C)C(Cc4ccccc4)C3)[nH]c2c1. The fourth-order valence-corrected chi connectivity index (χ4v) is 3.50. The Morgan fingerprint density at radius 1 is 1.12 bits per heavy atom. The first-order valence-electron chi connectivity index (χ1n) is 8.64. The van der Waals surface area contributed by atoms with Gasteiger partial charge in [0.15, 0.2) is 0 Å². The van der Waals surface area contributed by atoms with E-state index in [1.807, 2.05) is 0 Å². The molecule has 0 spiro atoms. The molecule has 0 aliphatic carbocycles. The van der Waals surface area contributed by atoms with Crippen LogP contribution in [0, 0.1) is 6.92 Å². The average molecular weight is 320 g/mol. The first-order valence-corrected chi connectivity index (χ1v) is 8.64. The van der Waals surface area contributed by atoms with Crippen LogP contribution in [-0.2, 0) is 6.42 Å². The number of piperazine rings is 1. The number of anilines is 1. The van der Waals surface area contributed by atoms with Gasteiger partial charge in [0.2, 0.25) is 5.95 Å². The number of benzene rings is 2. The fourth-order valence-electron chi connectivity index (χ4n) is 3.50. The summed E-state index contributed by atoms with van der Waals surface area (Å²) < 4.78 is 0. The number of aromatic nitrogens is 2. The smallest absolute Gasteiger partial charge is 0.203 e. The van der Waals surface area contributed by atoms with Crippen molar-refractivity contribution < 1.29 is 0 Å². The molecule has 0 bridgehead atoms. The van der Waals surface area contributed by atoms with Crippen molar-refractivity contribution in [2.24, 2.45) is 0 Å². The minimum Gasteiger partial charge on any atom is -0.340 e. The lowest BCUT2D eigenvalue weighted by molar-refractivity contribution is 0.216. The molecule has 1 aromatic heterocycles. The van der Waals surface area contributed by atoms with Gasteiger partial charge < -0.3 is 9.88 Å². The Balaban J connectivity index is 1.54. The average Bonchev–Trinajstić information content (AvgIpc) is 3.01. The summed E-state index contributed by atoms with van der Waals surface area (Å²) in [7, 11) is 2.23. The summed E-state index contributed by atoms with van der Waals surface area (Å²) in [5, 5.41) is 0. The third kappa shape index (κ3) is 3.02. The van der Waals surface area contributed by atoms with Crippen LogP contribution >= 0.6 is 0 Å². The topological polar surface area (TPSA) is 35.2 Å². The molecule has 1 aliphatic heterocycles. The Morgan fingerprint density at radius 3 is 2.79 bits per heavy atom. The number of imidazole rings is 1. The van der Waals surface area contributed by atoms with Crippen molar-refractivity contribution in [3.8, 4) is 0 Å². The molecule has 1 saturated heterocycles. The van der Waals surface area contributed by atoms with Crippen LogP contribution in [-0.4, -0.2) is 47.6 Å². The van der Waals surface area contributed by atoms with Gasteiger partial charge in [0.1, 0.15) is 0 Å². The number of nitrogens with one attached hydrogen (secondary N) is 1. The molecule has 0 amide bonds. The number of likely N-dealkylation sites (N-methyl/N-ethyl adjacent to an activating group) is 1. The minimum absolute atomic E-state index is 0.510. The van der Waals surface area contributed by atoms with E-state index >= 15 is 0 Å². The highest BCUT2D eigenvalue weighted by Crippen LogP contribution is 2.22. The number of aromatic amines is 1. The third-order valence-corrected chi connectivity index (χ3v) is 5.02. The molecule has 24 heavy (non-hydrogen) atoms. The van der Waals surface area contributed by atoms with Gasteiger partial charge in [-0.2, -0.15) is 0 Å². The second-order valence-corrected chi connectivity index (χ2v) is 6.85. The van der Waals surface area contributed by atoms with E-state index in [2.05, 4.69) is 77.3 Å². The monoisotopic (exact) mass is 320 g/mol. The van der Waals surface area contributed by atoms with E-state index < -0.39 is 0 Å². The molecule has 4 heteroatoms. The highest BCUT2D eigenvalue weighted by atomic mass is 15.3. The van der Waals surface area contributed by atoms with Crippen molar-refractivity contribution >= 4 is 17.0 Å². The van der Waals surface area contributed by atoms with Gasteiger partial charge in [0.25, 0.3) is 0 Å². The largest absolute Gasteiger partial charge is 0.340 e. The van der Waals surface area contributed by atoms with Gasteiger partial charge in [-0.05, 0) is 43.7 Å². The van der Waals surface area contributed by atoms with Crippen LogP contribution in [0.25, 0.3) is 11.0 Å². The van der Waals surface area contributed by atoms with Crippen LogP contribution in [0.4, 0.5) is 5.95 Å². The Bertz CT molecular complexity index is 824. The van der Waals surface area contributed by atoms with Crippen molar-refractivity contribution in [1.29, 1.82) is 0 Å². The van der Waals surface area contributed by atoms with Gasteiger partial charge >= 0.3 is 0 Å². The number of rotatable bonds is 3. The molecule has 0 saturated carbocycles. The predicted molar refractivity (Wildman–Crippen MR) is 99.6 cm³/mol. The van der Waals surface area contributed by atoms with E-state index in [4.69, 9.17) is 4.98 Å². The van der Waals surface area contributed by atoms with Gasteiger partial charge in [0, 0.05) is 25.7 Å². The van der Waals surface area contributed by atoms with Crippen molar-refractivity contribution in [3.05, 3.63) is 59.7 Å². The highest BCUT2D eigenvalue weighted by molar-refractivity contribution is 5.78. The molecule has 2 heterocycles. The fraction of sp³-hybridized carbons (Fsp3) is 0.350. The lowest BCUT2D eigenvalue weighted by Gasteiger charge is -2.39. The Morgan fingerprint density at radius 2 is 1.96 bits per heavy atom. The number of hydrogen-bond acceptors (Lipinski definition) is 3. The summed E-state index contributed by atoms with van der Waals surface area (Å²) in [6.07, 6.45) is 1.08. The maximum Gasteiger partial charge on any atom is 0.203 e. The maximum atomic E-state index is 4.80. The number of aryl methyl sites for hydroxylation is 1. The molecule has 124 valence electrons. The Hall–Kier alpha value is -2.33.